The lowest BCUT2D eigenvalue weighted by Gasteiger charge is -2.19. The lowest BCUT2D eigenvalue weighted by Crippen LogP contribution is -2.18. The molecule has 1 heterocycles. The van der Waals surface area contributed by atoms with Crippen LogP contribution in [0.3, 0.4) is 0 Å². The van der Waals surface area contributed by atoms with Gasteiger partial charge in [0.1, 0.15) is 0 Å². The molecule has 0 aliphatic carbocycles. The molecule has 1 atom stereocenters. The minimum absolute atomic E-state index is 0.266. The first-order chi connectivity index (χ1) is 9.85. The number of hydrogen-bond donors (Lipinski definition) is 1. The van der Waals surface area contributed by atoms with Crippen molar-refractivity contribution in [2.24, 2.45) is 0 Å². The molecule has 20 heavy (non-hydrogen) atoms. The standard InChI is InChI=1S/C18H19NS/c1-3-13-8-4-5-9-14(13)18(19-2)16-12-20-17-11-7-6-10-15(16)17/h4-12,18-19H,3H2,1-2H3. The molecular weight excluding hydrogens is 262 g/mol. The highest BCUT2D eigenvalue weighted by Crippen LogP contribution is 2.34. The number of nitrogens with one attached hydrogen (secondary N) is 1. The summed E-state index contributed by atoms with van der Waals surface area (Å²) in [6.45, 7) is 2.22. The monoisotopic (exact) mass is 281 g/mol. The highest BCUT2D eigenvalue weighted by Gasteiger charge is 2.18. The Morgan fingerprint density at radius 3 is 2.55 bits per heavy atom. The van der Waals surface area contributed by atoms with Crippen molar-refractivity contribution >= 4 is 21.4 Å². The lowest BCUT2D eigenvalue weighted by atomic mass is 9.93. The molecule has 0 amide bonds. The van der Waals surface area contributed by atoms with Gasteiger partial charge in [-0.3, -0.25) is 0 Å². The molecule has 102 valence electrons. The summed E-state index contributed by atoms with van der Waals surface area (Å²) < 4.78 is 1.36. The van der Waals surface area contributed by atoms with Gasteiger partial charge in [-0.25, -0.2) is 0 Å². The van der Waals surface area contributed by atoms with Crippen LogP contribution in [-0.4, -0.2) is 7.05 Å². The second-order valence-electron chi connectivity index (χ2n) is 4.96. The molecule has 2 heteroatoms. The van der Waals surface area contributed by atoms with E-state index in [1.165, 1.54) is 26.8 Å². The van der Waals surface area contributed by atoms with E-state index in [0.29, 0.717) is 0 Å². The van der Waals surface area contributed by atoms with Gasteiger partial charge in [-0.15, -0.1) is 11.3 Å². The van der Waals surface area contributed by atoms with Crippen LogP contribution in [0.15, 0.2) is 53.9 Å². The Kier molecular flexibility index (Phi) is 3.86. The normalized spacial score (nSPS) is 12.7. The van der Waals surface area contributed by atoms with Gasteiger partial charge in [0.15, 0.2) is 0 Å². The van der Waals surface area contributed by atoms with E-state index in [1.54, 1.807) is 0 Å². The predicted molar refractivity (Wildman–Crippen MR) is 88.5 cm³/mol. The molecule has 3 rings (SSSR count). The zero-order valence-corrected chi connectivity index (χ0v) is 12.7. The topological polar surface area (TPSA) is 12.0 Å². The number of rotatable bonds is 4. The Labute approximate surface area is 124 Å². The minimum atomic E-state index is 0.266. The Hall–Kier alpha value is -1.64. The van der Waals surface area contributed by atoms with Crippen molar-refractivity contribution in [2.75, 3.05) is 7.05 Å². The average Bonchev–Trinajstić information content (AvgIpc) is 2.93. The molecule has 2 aromatic carbocycles. The first-order valence-corrected chi connectivity index (χ1v) is 7.94. The number of benzene rings is 2. The van der Waals surface area contributed by atoms with E-state index in [1.807, 2.05) is 18.4 Å². The zero-order valence-electron chi connectivity index (χ0n) is 11.9. The molecule has 1 aromatic heterocycles. The maximum atomic E-state index is 3.49. The van der Waals surface area contributed by atoms with Gasteiger partial charge in [-0.2, -0.15) is 0 Å². The van der Waals surface area contributed by atoms with E-state index in [0.717, 1.165) is 6.42 Å². The fraction of sp³-hybridized carbons (Fsp3) is 0.222. The Balaban J connectivity index is 2.14. The first kappa shape index (κ1) is 13.3. The molecule has 0 fully saturated rings. The van der Waals surface area contributed by atoms with Crippen LogP contribution in [0.25, 0.3) is 10.1 Å². The molecule has 0 aliphatic heterocycles. The third-order valence-corrected chi connectivity index (χ3v) is 4.84. The molecule has 0 saturated carbocycles. The molecule has 3 aromatic rings. The summed E-state index contributed by atoms with van der Waals surface area (Å²) >= 11 is 1.83. The summed E-state index contributed by atoms with van der Waals surface area (Å²) in [5.41, 5.74) is 4.19. The third-order valence-electron chi connectivity index (χ3n) is 3.86. The van der Waals surface area contributed by atoms with Crippen LogP contribution in [0.5, 0.6) is 0 Å². The van der Waals surface area contributed by atoms with E-state index >= 15 is 0 Å². The van der Waals surface area contributed by atoms with Gasteiger partial charge < -0.3 is 5.32 Å². The third kappa shape index (κ3) is 2.26. The molecular formula is C18H19NS. The van der Waals surface area contributed by atoms with Crippen molar-refractivity contribution in [3.8, 4) is 0 Å². The average molecular weight is 281 g/mol. The Morgan fingerprint density at radius 2 is 1.75 bits per heavy atom. The van der Waals surface area contributed by atoms with Crippen molar-refractivity contribution < 1.29 is 0 Å². The second kappa shape index (κ2) is 5.78. The fourth-order valence-electron chi connectivity index (χ4n) is 2.84. The van der Waals surface area contributed by atoms with Crippen molar-refractivity contribution in [2.45, 2.75) is 19.4 Å². The number of thiophene rings is 1. The van der Waals surface area contributed by atoms with E-state index in [2.05, 4.69) is 66.2 Å². The summed E-state index contributed by atoms with van der Waals surface area (Å²) in [5.74, 6) is 0. The molecule has 0 spiro atoms. The van der Waals surface area contributed by atoms with E-state index in [-0.39, 0.29) is 6.04 Å². The molecule has 1 unspecified atom stereocenters. The van der Waals surface area contributed by atoms with Crippen molar-refractivity contribution in [3.05, 3.63) is 70.6 Å². The van der Waals surface area contributed by atoms with Gasteiger partial charge in [-0.1, -0.05) is 49.4 Å². The van der Waals surface area contributed by atoms with Gasteiger partial charge in [0.05, 0.1) is 6.04 Å². The molecule has 0 radical (unpaired) electrons. The smallest absolute Gasteiger partial charge is 0.0591 e. The summed E-state index contributed by atoms with van der Waals surface area (Å²) in [4.78, 5) is 0. The molecule has 1 nitrogen and oxygen atoms in total. The summed E-state index contributed by atoms with van der Waals surface area (Å²) in [6.07, 6.45) is 1.07. The lowest BCUT2D eigenvalue weighted by molar-refractivity contribution is 0.691. The van der Waals surface area contributed by atoms with Crippen molar-refractivity contribution in [1.29, 1.82) is 0 Å². The minimum Gasteiger partial charge on any atom is -0.309 e. The van der Waals surface area contributed by atoms with Crippen LogP contribution >= 0.6 is 11.3 Å². The van der Waals surface area contributed by atoms with E-state index in [9.17, 15) is 0 Å². The van der Waals surface area contributed by atoms with Crippen LogP contribution in [0, 0.1) is 0 Å². The van der Waals surface area contributed by atoms with Crippen LogP contribution in [0.2, 0.25) is 0 Å². The van der Waals surface area contributed by atoms with Gasteiger partial charge in [-0.05, 0) is 47.0 Å². The van der Waals surface area contributed by atoms with Gasteiger partial charge in [0.25, 0.3) is 0 Å². The maximum Gasteiger partial charge on any atom is 0.0591 e. The van der Waals surface area contributed by atoms with Gasteiger partial charge in [0, 0.05) is 4.70 Å². The molecule has 0 aliphatic rings. The highest BCUT2D eigenvalue weighted by atomic mass is 32.1. The Morgan fingerprint density at radius 1 is 1.00 bits per heavy atom. The fourth-order valence-corrected chi connectivity index (χ4v) is 3.83. The van der Waals surface area contributed by atoms with E-state index in [4.69, 9.17) is 0 Å². The molecule has 1 N–H and O–H groups in total. The van der Waals surface area contributed by atoms with Crippen molar-refractivity contribution in [3.63, 3.8) is 0 Å². The van der Waals surface area contributed by atoms with Crippen molar-refractivity contribution in [1.82, 2.24) is 5.32 Å². The van der Waals surface area contributed by atoms with Crippen LogP contribution in [-0.2, 0) is 6.42 Å². The summed E-state index contributed by atoms with van der Waals surface area (Å²) in [5, 5.41) is 7.15. The summed E-state index contributed by atoms with van der Waals surface area (Å²) in [7, 11) is 2.05. The zero-order chi connectivity index (χ0) is 13.9. The van der Waals surface area contributed by atoms with Crippen LogP contribution in [0.4, 0.5) is 0 Å². The number of hydrogen-bond acceptors (Lipinski definition) is 2. The SMILES string of the molecule is CCc1ccccc1C(NC)c1csc2ccccc12. The molecule has 0 saturated heterocycles. The number of fused-ring (bicyclic) bond motifs is 1. The highest BCUT2D eigenvalue weighted by molar-refractivity contribution is 7.17. The first-order valence-electron chi connectivity index (χ1n) is 7.06. The number of aryl methyl sites for hydroxylation is 1. The van der Waals surface area contributed by atoms with Gasteiger partial charge >= 0.3 is 0 Å². The van der Waals surface area contributed by atoms with Crippen LogP contribution < -0.4 is 5.32 Å². The Bertz CT molecular complexity index is 714. The largest absolute Gasteiger partial charge is 0.309 e. The predicted octanol–water partition coefficient (Wildman–Crippen LogP) is 4.77. The van der Waals surface area contributed by atoms with E-state index < -0.39 is 0 Å². The molecule has 0 bridgehead atoms. The maximum absolute atomic E-state index is 3.49. The van der Waals surface area contributed by atoms with Gasteiger partial charge in [0.2, 0.25) is 0 Å². The summed E-state index contributed by atoms with van der Waals surface area (Å²) in [6, 6.07) is 17.6. The quantitative estimate of drug-likeness (QED) is 0.726. The van der Waals surface area contributed by atoms with Crippen LogP contribution in [0.1, 0.15) is 29.7 Å². The second-order valence-corrected chi connectivity index (χ2v) is 5.87.